The minimum atomic E-state index is -0.467. The number of hydrogen-bond acceptors (Lipinski definition) is 2. The third-order valence-electron chi connectivity index (χ3n) is 2.20. The number of nitrogens with one attached hydrogen (secondary N) is 1. The molecule has 0 spiro atoms. The molecule has 0 aromatic carbocycles. The molecular formula is C14H19NO2. The molecule has 0 heterocycles. The summed E-state index contributed by atoms with van der Waals surface area (Å²) in [5.41, 5.74) is 1.55. The second kappa shape index (κ2) is 5.58. The number of rotatable bonds is 2. The lowest BCUT2D eigenvalue weighted by Gasteiger charge is -2.20. The van der Waals surface area contributed by atoms with Gasteiger partial charge >= 0.3 is 6.09 Å². The molecule has 0 atom stereocenters. The van der Waals surface area contributed by atoms with Gasteiger partial charge in [-0.25, -0.2) is 4.79 Å². The number of terminal acetylenes is 1. The highest BCUT2D eigenvalue weighted by Crippen LogP contribution is 2.16. The topological polar surface area (TPSA) is 38.3 Å². The van der Waals surface area contributed by atoms with Crippen molar-refractivity contribution < 1.29 is 9.53 Å². The fourth-order valence-corrected chi connectivity index (χ4v) is 1.49. The normalized spacial score (nSPS) is 15.4. The van der Waals surface area contributed by atoms with Gasteiger partial charge in [0.15, 0.2) is 0 Å². The van der Waals surface area contributed by atoms with E-state index < -0.39 is 11.7 Å². The molecule has 0 saturated heterocycles. The Labute approximate surface area is 103 Å². The zero-order chi connectivity index (χ0) is 12.9. The molecule has 3 heteroatoms. The Bertz CT molecular complexity index is 391. The molecule has 0 aromatic rings. The maximum Gasteiger partial charge on any atom is 0.407 e. The molecule has 0 aromatic heterocycles. The van der Waals surface area contributed by atoms with E-state index in [0.29, 0.717) is 6.54 Å². The van der Waals surface area contributed by atoms with Crippen molar-refractivity contribution in [2.24, 2.45) is 0 Å². The van der Waals surface area contributed by atoms with Gasteiger partial charge in [0.2, 0.25) is 0 Å². The average molecular weight is 233 g/mol. The Morgan fingerprint density at radius 2 is 2.29 bits per heavy atom. The van der Waals surface area contributed by atoms with Crippen molar-refractivity contribution in [3.8, 4) is 12.3 Å². The lowest BCUT2D eigenvalue weighted by Crippen LogP contribution is -2.33. The first-order valence-electron chi connectivity index (χ1n) is 5.74. The number of ether oxygens (including phenoxy) is 1. The predicted octanol–water partition coefficient (Wildman–Crippen LogP) is 2.79. The summed E-state index contributed by atoms with van der Waals surface area (Å²) in [6.07, 6.45) is 10.8. The van der Waals surface area contributed by atoms with Gasteiger partial charge in [-0.15, -0.1) is 6.42 Å². The Balaban J connectivity index is 2.42. The zero-order valence-corrected chi connectivity index (χ0v) is 10.7. The van der Waals surface area contributed by atoms with Crippen molar-refractivity contribution in [3.05, 3.63) is 23.3 Å². The van der Waals surface area contributed by atoms with Crippen LogP contribution in [0.25, 0.3) is 0 Å². The van der Waals surface area contributed by atoms with Gasteiger partial charge < -0.3 is 10.1 Å². The maximum atomic E-state index is 11.4. The maximum absolute atomic E-state index is 11.4. The Morgan fingerprint density at radius 1 is 1.59 bits per heavy atom. The number of carbonyl (C=O) groups is 1. The summed E-state index contributed by atoms with van der Waals surface area (Å²) in [6.45, 7) is 5.97. The monoisotopic (exact) mass is 233 g/mol. The van der Waals surface area contributed by atoms with Crippen LogP contribution < -0.4 is 5.32 Å². The van der Waals surface area contributed by atoms with Gasteiger partial charge in [-0.1, -0.05) is 12.0 Å². The van der Waals surface area contributed by atoms with Gasteiger partial charge in [0.25, 0.3) is 0 Å². The van der Waals surface area contributed by atoms with Gasteiger partial charge in [-0.2, -0.15) is 0 Å². The molecule has 1 N–H and O–H groups in total. The quantitative estimate of drug-likeness (QED) is 0.745. The van der Waals surface area contributed by atoms with Crippen LogP contribution in [0.5, 0.6) is 0 Å². The summed E-state index contributed by atoms with van der Waals surface area (Å²) >= 11 is 0. The average Bonchev–Trinajstić information content (AvgIpc) is 2.24. The third-order valence-corrected chi connectivity index (χ3v) is 2.20. The van der Waals surface area contributed by atoms with Gasteiger partial charge in [-0.3, -0.25) is 0 Å². The lowest BCUT2D eigenvalue weighted by atomic mass is 10.00. The van der Waals surface area contributed by atoms with E-state index in [0.717, 1.165) is 24.0 Å². The summed E-state index contributed by atoms with van der Waals surface area (Å²) in [7, 11) is 0. The number of carbonyl (C=O) groups excluding carboxylic acids is 1. The van der Waals surface area contributed by atoms with Crippen molar-refractivity contribution in [1.29, 1.82) is 0 Å². The smallest absolute Gasteiger partial charge is 0.407 e. The van der Waals surface area contributed by atoms with E-state index in [-0.39, 0.29) is 0 Å². The minimum Gasteiger partial charge on any atom is -0.444 e. The molecule has 3 nitrogen and oxygen atoms in total. The summed E-state index contributed by atoms with van der Waals surface area (Å²) in [6, 6.07) is 0. The van der Waals surface area contributed by atoms with E-state index >= 15 is 0 Å². The van der Waals surface area contributed by atoms with Crippen LogP contribution in [0, 0.1) is 12.3 Å². The first kappa shape index (κ1) is 13.4. The molecule has 0 fully saturated rings. The van der Waals surface area contributed by atoms with Crippen molar-refractivity contribution in [3.63, 3.8) is 0 Å². The number of hydrogen-bond donors (Lipinski definition) is 1. The van der Waals surface area contributed by atoms with Crippen molar-refractivity contribution in [1.82, 2.24) is 5.32 Å². The van der Waals surface area contributed by atoms with Gasteiger partial charge in [0.05, 0.1) is 0 Å². The van der Waals surface area contributed by atoms with Crippen LogP contribution in [0.4, 0.5) is 4.79 Å². The first-order valence-corrected chi connectivity index (χ1v) is 5.74. The molecular weight excluding hydrogens is 214 g/mol. The molecule has 92 valence electrons. The van der Waals surface area contributed by atoms with Crippen LogP contribution in [0.15, 0.2) is 23.3 Å². The molecule has 1 aliphatic rings. The molecule has 0 bridgehead atoms. The Kier molecular flexibility index (Phi) is 4.39. The Morgan fingerprint density at radius 3 is 2.88 bits per heavy atom. The van der Waals surface area contributed by atoms with Gasteiger partial charge in [0, 0.05) is 12.1 Å². The van der Waals surface area contributed by atoms with E-state index in [4.69, 9.17) is 11.2 Å². The largest absolute Gasteiger partial charge is 0.444 e. The van der Waals surface area contributed by atoms with E-state index in [1.807, 2.05) is 26.8 Å². The van der Waals surface area contributed by atoms with Gasteiger partial charge in [0.1, 0.15) is 5.60 Å². The molecule has 0 unspecified atom stereocenters. The third kappa shape index (κ3) is 5.26. The van der Waals surface area contributed by atoms with E-state index in [9.17, 15) is 4.79 Å². The molecule has 1 rings (SSSR count). The summed E-state index contributed by atoms with van der Waals surface area (Å²) < 4.78 is 5.14. The Hall–Kier alpha value is -1.69. The molecule has 0 radical (unpaired) electrons. The second-order valence-electron chi connectivity index (χ2n) is 4.99. The lowest BCUT2D eigenvalue weighted by molar-refractivity contribution is 0.0533. The van der Waals surface area contributed by atoms with Crippen LogP contribution >= 0.6 is 0 Å². The van der Waals surface area contributed by atoms with Gasteiger partial charge in [-0.05, 0) is 45.3 Å². The fourth-order valence-electron chi connectivity index (χ4n) is 1.49. The first-order chi connectivity index (χ1) is 7.90. The summed E-state index contributed by atoms with van der Waals surface area (Å²) in [4.78, 5) is 11.4. The summed E-state index contributed by atoms with van der Waals surface area (Å²) in [5, 5.41) is 2.71. The van der Waals surface area contributed by atoms with Crippen LogP contribution in [0.3, 0.4) is 0 Å². The number of allylic oxidation sites excluding steroid dienone is 2. The molecule has 0 aliphatic heterocycles. The molecule has 17 heavy (non-hydrogen) atoms. The van der Waals surface area contributed by atoms with E-state index in [2.05, 4.69) is 17.3 Å². The zero-order valence-electron chi connectivity index (χ0n) is 10.7. The SMILES string of the molecule is C#CC1=CC(CNC(=O)OC(C)(C)C)=CCC1. The van der Waals surface area contributed by atoms with Crippen LogP contribution in [0.2, 0.25) is 0 Å². The number of alkyl carbamates (subject to hydrolysis) is 1. The highest BCUT2D eigenvalue weighted by Gasteiger charge is 2.16. The second-order valence-corrected chi connectivity index (χ2v) is 4.99. The fraction of sp³-hybridized carbons (Fsp3) is 0.500. The highest BCUT2D eigenvalue weighted by molar-refractivity contribution is 5.68. The van der Waals surface area contributed by atoms with Crippen molar-refractivity contribution in [2.75, 3.05) is 6.54 Å². The van der Waals surface area contributed by atoms with Crippen LogP contribution in [-0.2, 0) is 4.74 Å². The molecule has 0 saturated carbocycles. The summed E-state index contributed by atoms with van der Waals surface area (Å²) in [5.74, 6) is 2.64. The number of amides is 1. The highest BCUT2D eigenvalue weighted by atomic mass is 16.6. The molecule has 1 aliphatic carbocycles. The predicted molar refractivity (Wildman–Crippen MR) is 68.5 cm³/mol. The van der Waals surface area contributed by atoms with E-state index in [1.54, 1.807) is 0 Å². The van der Waals surface area contributed by atoms with Crippen LogP contribution in [-0.4, -0.2) is 18.2 Å². The van der Waals surface area contributed by atoms with Crippen LogP contribution in [0.1, 0.15) is 33.6 Å². The van der Waals surface area contributed by atoms with Crippen molar-refractivity contribution >= 4 is 6.09 Å². The van der Waals surface area contributed by atoms with Crippen molar-refractivity contribution in [2.45, 2.75) is 39.2 Å². The minimum absolute atomic E-state index is 0.403. The standard InChI is InChI=1S/C14H19NO2/c1-5-11-7-6-8-12(9-11)10-15-13(16)17-14(2,3)4/h1,8-9H,6-7,10H2,2-4H3,(H,15,16). The van der Waals surface area contributed by atoms with E-state index in [1.165, 1.54) is 0 Å². The molecule has 1 amide bonds.